The lowest BCUT2D eigenvalue weighted by Gasteiger charge is -2.04. The molecule has 2 heterocycles. The zero-order valence-electron chi connectivity index (χ0n) is 11.2. The van der Waals surface area contributed by atoms with E-state index >= 15 is 0 Å². The Morgan fingerprint density at radius 1 is 1.20 bits per heavy atom. The second kappa shape index (κ2) is 5.88. The Balaban J connectivity index is 1.55. The van der Waals surface area contributed by atoms with Crippen LogP contribution >= 0.6 is 11.3 Å². The van der Waals surface area contributed by atoms with Crippen LogP contribution in [-0.2, 0) is 6.42 Å². The van der Waals surface area contributed by atoms with E-state index in [1.807, 2.05) is 17.5 Å². The Morgan fingerprint density at radius 3 is 2.80 bits per heavy atom. The number of anilines is 1. The molecule has 0 aliphatic carbocycles. The van der Waals surface area contributed by atoms with Crippen molar-refractivity contribution in [3.63, 3.8) is 0 Å². The summed E-state index contributed by atoms with van der Waals surface area (Å²) in [5, 5.41) is 9.34. The van der Waals surface area contributed by atoms with E-state index in [9.17, 15) is 0 Å². The average molecular weight is 285 g/mol. The molecule has 0 saturated heterocycles. The molecule has 3 aromatic rings. The number of hydrogen-bond acceptors (Lipinski definition) is 5. The van der Waals surface area contributed by atoms with Gasteiger partial charge in [0.05, 0.1) is 4.88 Å². The molecule has 102 valence electrons. The number of aryl methyl sites for hydroxylation is 1. The molecule has 0 aliphatic heterocycles. The van der Waals surface area contributed by atoms with Crippen LogP contribution in [0.1, 0.15) is 11.4 Å². The highest BCUT2D eigenvalue weighted by atomic mass is 32.1. The molecule has 1 N–H and O–H groups in total. The van der Waals surface area contributed by atoms with Crippen molar-refractivity contribution in [3.05, 3.63) is 53.2 Å². The van der Waals surface area contributed by atoms with Crippen LogP contribution in [0, 0.1) is 6.92 Å². The zero-order valence-corrected chi connectivity index (χ0v) is 12.0. The predicted octanol–water partition coefficient (Wildman–Crippen LogP) is 3.76. The average Bonchev–Trinajstić information content (AvgIpc) is 3.11. The summed E-state index contributed by atoms with van der Waals surface area (Å²) < 4.78 is 5.25. The number of aromatic nitrogens is 2. The fraction of sp³-hybridized carbons (Fsp3) is 0.200. The monoisotopic (exact) mass is 285 g/mol. The molecule has 0 fully saturated rings. The van der Waals surface area contributed by atoms with Gasteiger partial charge >= 0.3 is 0 Å². The smallest absolute Gasteiger partial charge is 0.267 e. The summed E-state index contributed by atoms with van der Waals surface area (Å²) in [6, 6.07) is 12.3. The highest BCUT2D eigenvalue weighted by Crippen LogP contribution is 2.22. The Labute approximate surface area is 121 Å². The van der Waals surface area contributed by atoms with Gasteiger partial charge in [-0.05, 0) is 30.5 Å². The van der Waals surface area contributed by atoms with Crippen LogP contribution in [0.5, 0.6) is 0 Å². The molecule has 0 saturated carbocycles. The van der Waals surface area contributed by atoms with E-state index in [-0.39, 0.29) is 0 Å². The first kappa shape index (κ1) is 12.9. The quantitative estimate of drug-likeness (QED) is 0.775. The molecular weight excluding hydrogens is 270 g/mol. The van der Waals surface area contributed by atoms with Crippen molar-refractivity contribution in [2.24, 2.45) is 0 Å². The summed E-state index contributed by atoms with van der Waals surface area (Å²) >= 11 is 1.60. The maximum absolute atomic E-state index is 5.25. The Hall–Kier alpha value is -2.14. The summed E-state index contributed by atoms with van der Waals surface area (Å²) in [5.74, 6) is 1.33. The van der Waals surface area contributed by atoms with Crippen molar-refractivity contribution in [2.45, 2.75) is 13.3 Å². The van der Waals surface area contributed by atoms with Crippen LogP contribution < -0.4 is 5.32 Å². The van der Waals surface area contributed by atoms with Gasteiger partial charge in [0.25, 0.3) is 5.89 Å². The third kappa shape index (κ3) is 3.05. The number of nitrogens with one attached hydrogen (secondary N) is 1. The topological polar surface area (TPSA) is 51.0 Å². The second-order valence-corrected chi connectivity index (χ2v) is 5.48. The highest BCUT2D eigenvalue weighted by molar-refractivity contribution is 7.13. The molecule has 0 amide bonds. The normalized spacial score (nSPS) is 10.7. The van der Waals surface area contributed by atoms with Gasteiger partial charge in [-0.25, -0.2) is 0 Å². The molecule has 4 nitrogen and oxygen atoms in total. The molecule has 3 rings (SSSR count). The van der Waals surface area contributed by atoms with Crippen molar-refractivity contribution in [3.8, 4) is 10.8 Å². The van der Waals surface area contributed by atoms with E-state index < -0.39 is 0 Å². The number of nitrogens with zero attached hydrogens (tertiary/aromatic N) is 2. The second-order valence-electron chi connectivity index (χ2n) is 4.54. The van der Waals surface area contributed by atoms with E-state index in [1.54, 1.807) is 11.3 Å². The van der Waals surface area contributed by atoms with Crippen LogP contribution in [0.2, 0.25) is 0 Å². The number of rotatable bonds is 5. The lowest BCUT2D eigenvalue weighted by Crippen LogP contribution is -2.05. The van der Waals surface area contributed by atoms with Crippen molar-refractivity contribution >= 4 is 17.0 Å². The fourth-order valence-corrected chi connectivity index (χ4v) is 2.49. The van der Waals surface area contributed by atoms with E-state index in [1.165, 1.54) is 5.56 Å². The molecule has 20 heavy (non-hydrogen) atoms. The number of hydrogen-bond donors (Lipinski definition) is 1. The Morgan fingerprint density at radius 2 is 2.05 bits per heavy atom. The molecule has 2 aromatic heterocycles. The summed E-state index contributed by atoms with van der Waals surface area (Å²) in [5.41, 5.74) is 2.37. The number of benzene rings is 1. The standard InChI is InChI=1S/C15H15N3OS/c1-11-4-6-12(7-5-11)16-9-8-14-17-15(19-18-14)13-3-2-10-20-13/h2-7,10,16H,8-9H2,1H3. The third-order valence-corrected chi connectivity index (χ3v) is 3.79. The molecule has 5 heteroatoms. The number of thiophene rings is 1. The summed E-state index contributed by atoms with van der Waals surface area (Å²) in [6.45, 7) is 2.86. The molecule has 0 spiro atoms. The van der Waals surface area contributed by atoms with Gasteiger partial charge in [-0.15, -0.1) is 11.3 Å². The Kier molecular flexibility index (Phi) is 3.78. The molecule has 1 aromatic carbocycles. The first-order valence-electron chi connectivity index (χ1n) is 6.48. The van der Waals surface area contributed by atoms with E-state index in [0.717, 1.165) is 29.4 Å². The van der Waals surface area contributed by atoms with Crippen LogP contribution in [0.25, 0.3) is 10.8 Å². The largest absolute Gasteiger partial charge is 0.385 e. The molecular formula is C15H15N3OS. The Bertz CT molecular complexity index is 659. The first-order valence-corrected chi connectivity index (χ1v) is 7.36. The molecule has 0 atom stereocenters. The minimum absolute atomic E-state index is 0.602. The van der Waals surface area contributed by atoms with Crippen LogP contribution in [-0.4, -0.2) is 16.7 Å². The molecule has 0 bridgehead atoms. The highest BCUT2D eigenvalue weighted by Gasteiger charge is 2.08. The summed E-state index contributed by atoms with van der Waals surface area (Å²) in [4.78, 5) is 5.40. The van der Waals surface area contributed by atoms with Gasteiger partial charge in [-0.1, -0.05) is 28.9 Å². The van der Waals surface area contributed by atoms with E-state index in [0.29, 0.717) is 5.89 Å². The van der Waals surface area contributed by atoms with Gasteiger partial charge in [-0.3, -0.25) is 0 Å². The van der Waals surface area contributed by atoms with Crippen molar-refractivity contribution in [2.75, 3.05) is 11.9 Å². The van der Waals surface area contributed by atoms with Gasteiger partial charge in [0.2, 0.25) is 0 Å². The lowest BCUT2D eigenvalue weighted by molar-refractivity contribution is 0.424. The minimum atomic E-state index is 0.602. The van der Waals surface area contributed by atoms with Crippen LogP contribution in [0.3, 0.4) is 0 Å². The minimum Gasteiger partial charge on any atom is -0.385 e. The maximum atomic E-state index is 5.25. The fourth-order valence-electron chi connectivity index (χ4n) is 1.85. The van der Waals surface area contributed by atoms with Gasteiger partial charge in [0.1, 0.15) is 0 Å². The molecule has 0 radical (unpaired) electrons. The maximum Gasteiger partial charge on any atom is 0.267 e. The zero-order chi connectivity index (χ0) is 13.8. The van der Waals surface area contributed by atoms with Gasteiger partial charge in [-0.2, -0.15) is 4.98 Å². The third-order valence-electron chi connectivity index (χ3n) is 2.93. The molecule has 0 aliphatic rings. The lowest BCUT2D eigenvalue weighted by atomic mass is 10.2. The predicted molar refractivity (Wildman–Crippen MR) is 81.0 cm³/mol. The SMILES string of the molecule is Cc1ccc(NCCc2noc(-c3cccs3)n2)cc1. The van der Waals surface area contributed by atoms with Crippen LogP contribution in [0.4, 0.5) is 5.69 Å². The first-order chi connectivity index (χ1) is 9.81. The van der Waals surface area contributed by atoms with Crippen molar-refractivity contribution in [1.82, 2.24) is 10.1 Å². The van der Waals surface area contributed by atoms with E-state index in [4.69, 9.17) is 4.52 Å². The summed E-state index contributed by atoms with van der Waals surface area (Å²) in [6.07, 6.45) is 0.739. The van der Waals surface area contributed by atoms with Gasteiger partial charge in [0.15, 0.2) is 5.82 Å². The van der Waals surface area contributed by atoms with Crippen molar-refractivity contribution < 1.29 is 4.52 Å². The molecule has 0 unspecified atom stereocenters. The van der Waals surface area contributed by atoms with Gasteiger partial charge in [0, 0.05) is 18.7 Å². The van der Waals surface area contributed by atoms with E-state index in [2.05, 4.69) is 46.6 Å². The van der Waals surface area contributed by atoms with Crippen molar-refractivity contribution in [1.29, 1.82) is 0 Å². The van der Waals surface area contributed by atoms with Gasteiger partial charge < -0.3 is 9.84 Å². The van der Waals surface area contributed by atoms with Crippen LogP contribution in [0.15, 0.2) is 46.3 Å². The summed E-state index contributed by atoms with van der Waals surface area (Å²) in [7, 11) is 0.